The van der Waals surface area contributed by atoms with Gasteiger partial charge in [-0.2, -0.15) is 8.78 Å². The third-order valence-corrected chi connectivity index (χ3v) is 1.77. The summed E-state index contributed by atoms with van der Waals surface area (Å²) in [5.74, 6) is 1.77. The number of hydrogen-bond donors (Lipinski definition) is 1. The van der Waals surface area contributed by atoms with E-state index in [1.165, 1.54) is 6.07 Å². The fraction of sp³-hybridized carbons (Fsp3) is 0.200. The number of rotatable bonds is 5. The van der Waals surface area contributed by atoms with Crippen LogP contribution < -0.4 is 10.1 Å². The van der Waals surface area contributed by atoms with Crippen molar-refractivity contribution in [2.24, 2.45) is 0 Å². The summed E-state index contributed by atoms with van der Waals surface area (Å²) < 4.78 is 28.2. The fourth-order valence-electron chi connectivity index (χ4n) is 1.12. The van der Waals surface area contributed by atoms with Crippen LogP contribution in [0.1, 0.15) is 0 Å². The maximum absolute atomic E-state index is 12.1. The number of anilines is 1. The van der Waals surface area contributed by atoms with Gasteiger partial charge in [0.2, 0.25) is 5.75 Å². The summed E-state index contributed by atoms with van der Waals surface area (Å²) in [5.41, 5.74) is -0.166. The molecule has 7 heteroatoms. The predicted molar refractivity (Wildman–Crippen MR) is 57.1 cm³/mol. The molecule has 0 aliphatic carbocycles. The lowest BCUT2D eigenvalue weighted by atomic mass is 10.2. The van der Waals surface area contributed by atoms with Gasteiger partial charge in [-0.15, -0.1) is 6.42 Å². The van der Waals surface area contributed by atoms with Gasteiger partial charge in [-0.1, -0.05) is 5.92 Å². The summed E-state index contributed by atoms with van der Waals surface area (Å²) in [6.45, 7) is -2.96. The highest BCUT2D eigenvalue weighted by Gasteiger charge is 2.18. The zero-order valence-electron chi connectivity index (χ0n) is 8.52. The van der Waals surface area contributed by atoms with Crippen LogP contribution in [0.15, 0.2) is 18.2 Å². The summed E-state index contributed by atoms with van der Waals surface area (Å²) in [7, 11) is 0. The average molecular weight is 242 g/mol. The van der Waals surface area contributed by atoms with Crippen molar-refractivity contribution in [2.75, 3.05) is 11.9 Å². The average Bonchev–Trinajstić information content (AvgIpc) is 2.25. The highest BCUT2D eigenvalue weighted by atomic mass is 19.3. The Labute approximate surface area is 95.5 Å². The van der Waals surface area contributed by atoms with Gasteiger partial charge in [-0.05, 0) is 6.07 Å². The second kappa shape index (κ2) is 5.65. The minimum absolute atomic E-state index is 0.173. The first-order valence-electron chi connectivity index (χ1n) is 4.45. The minimum Gasteiger partial charge on any atom is -0.427 e. The number of halogens is 2. The molecule has 1 aromatic carbocycles. The van der Waals surface area contributed by atoms with E-state index in [0.717, 1.165) is 12.1 Å². The number of nitro benzene ring substituents is 1. The molecule has 0 bridgehead atoms. The standard InChI is InChI=1S/C10H8F2N2O3/c1-2-5-13-7-3-4-8(14(15)16)9(6-7)17-10(11)12/h1,3-4,6,10,13H,5H2. The summed E-state index contributed by atoms with van der Waals surface area (Å²) >= 11 is 0. The lowest BCUT2D eigenvalue weighted by Crippen LogP contribution is -2.06. The van der Waals surface area contributed by atoms with Crippen molar-refractivity contribution in [1.82, 2.24) is 0 Å². The van der Waals surface area contributed by atoms with Crippen LogP contribution >= 0.6 is 0 Å². The number of nitro groups is 1. The van der Waals surface area contributed by atoms with Crippen LogP contribution in [0.3, 0.4) is 0 Å². The highest BCUT2D eigenvalue weighted by molar-refractivity contribution is 5.58. The molecular formula is C10H8F2N2O3. The van der Waals surface area contributed by atoms with Crippen molar-refractivity contribution < 1.29 is 18.4 Å². The van der Waals surface area contributed by atoms with E-state index in [4.69, 9.17) is 6.42 Å². The van der Waals surface area contributed by atoms with Gasteiger partial charge in [0.25, 0.3) is 0 Å². The van der Waals surface area contributed by atoms with E-state index >= 15 is 0 Å². The molecule has 0 aliphatic heterocycles. The van der Waals surface area contributed by atoms with E-state index in [1.807, 2.05) is 0 Å². The van der Waals surface area contributed by atoms with Gasteiger partial charge in [-0.3, -0.25) is 10.1 Å². The second-order valence-corrected chi connectivity index (χ2v) is 2.88. The Balaban J connectivity index is 3.02. The van der Waals surface area contributed by atoms with E-state index in [2.05, 4.69) is 16.0 Å². The van der Waals surface area contributed by atoms with E-state index in [0.29, 0.717) is 5.69 Å². The highest BCUT2D eigenvalue weighted by Crippen LogP contribution is 2.31. The smallest absolute Gasteiger partial charge is 0.387 e. The van der Waals surface area contributed by atoms with Crippen LogP contribution in [0.4, 0.5) is 20.2 Å². The van der Waals surface area contributed by atoms with E-state index in [1.54, 1.807) is 0 Å². The molecule has 1 rings (SSSR count). The molecule has 0 atom stereocenters. The molecule has 0 saturated heterocycles. The Bertz CT molecular complexity index is 457. The number of hydrogen-bond acceptors (Lipinski definition) is 4. The number of benzene rings is 1. The quantitative estimate of drug-likeness (QED) is 0.488. The van der Waals surface area contributed by atoms with E-state index in [-0.39, 0.29) is 6.54 Å². The lowest BCUT2D eigenvalue weighted by molar-refractivity contribution is -0.386. The molecule has 90 valence electrons. The van der Waals surface area contributed by atoms with Gasteiger partial charge < -0.3 is 10.1 Å². The molecule has 0 aliphatic rings. The zero-order chi connectivity index (χ0) is 12.8. The van der Waals surface area contributed by atoms with Crippen molar-refractivity contribution in [3.8, 4) is 18.1 Å². The predicted octanol–water partition coefficient (Wildman–Crippen LogP) is 2.24. The molecule has 0 radical (unpaired) electrons. The van der Waals surface area contributed by atoms with Crippen LogP contribution in [0, 0.1) is 22.5 Å². The molecule has 0 spiro atoms. The zero-order valence-corrected chi connectivity index (χ0v) is 8.52. The molecular weight excluding hydrogens is 234 g/mol. The van der Waals surface area contributed by atoms with Crippen molar-refractivity contribution in [3.63, 3.8) is 0 Å². The van der Waals surface area contributed by atoms with Gasteiger partial charge >= 0.3 is 12.3 Å². The topological polar surface area (TPSA) is 64.4 Å². The first-order chi connectivity index (χ1) is 8.04. The SMILES string of the molecule is C#CCNc1ccc([N+](=O)[O-])c(OC(F)F)c1. The Morgan fingerprint density at radius 3 is 2.82 bits per heavy atom. The third-order valence-electron chi connectivity index (χ3n) is 1.77. The monoisotopic (exact) mass is 242 g/mol. The molecule has 1 aromatic rings. The molecule has 0 saturated carbocycles. The van der Waals surface area contributed by atoms with Crippen LogP contribution in [-0.4, -0.2) is 18.1 Å². The molecule has 1 N–H and O–H groups in total. The first kappa shape index (κ1) is 12.7. The molecule has 0 amide bonds. The fourth-order valence-corrected chi connectivity index (χ4v) is 1.12. The van der Waals surface area contributed by atoms with Gasteiger partial charge in [0.1, 0.15) is 0 Å². The Morgan fingerprint density at radius 2 is 2.29 bits per heavy atom. The normalized spacial score (nSPS) is 9.76. The number of nitrogens with one attached hydrogen (secondary N) is 1. The number of nitrogens with zero attached hydrogens (tertiary/aromatic N) is 1. The summed E-state index contributed by atoms with van der Waals surface area (Å²) in [6, 6.07) is 3.52. The van der Waals surface area contributed by atoms with Crippen molar-refractivity contribution in [1.29, 1.82) is 0 Å². The van der Waals surface area contributed by atoms with Gasteiger partial charge in [0.05, 0.1) is 11.5 Å². The largest absolute Gasteiger partial charge is 0.427 e. The van der Waals surface area contributed by atoms with Crippen LogP contribution in [0.5, 0.6) is 5.75 Å². The molecule has 5 nitrogen and oxygen atoms in total. The minimum atomic E-state index is -3.13. The van der Waals surface area contributed by atoms with Crippen molar-refractivity contribution >= 4 is 11.4 Å². The summed E-state index contributed by atoms with van der Waals surface area (Å²) in [5, 5.41) is 13.2. The van der Waals surface area contributed by atoms with Gasteiger partial charge in [-0.25, -0.2) is 0 Å². The van der Waals surface area contributed by atoms with Crippen LogP contribution in [0.2, 0.25) is 0 Å². The summed E-state index contributed by atoms with van der Waals surface area (Å²) in [6.07, 6.45) is 5.00. The van der Waals surface area contributed by atoms with Crippen molar-refractivity contribution in [3.05, 3.63) is 28.3 Å². The maximum Gasteiger partial charge on any atom is 0.387 e. The number of ether oxygens (including phenoxy) is 1. The Morgan fingerprint density at radius 1 is 1.59 bits per heavy atom. The molecule has 0 unspecified atom stereocenters. The molecule has 0 fully saturated rings. The maximum atomic E-state index is 12.1. The second-order valence-electron chi connectivity index (χ2n) is 2.88. The van der Waals surface area contributed by atoms with Crippen molar-refractivity contribution in [2.45, 2.75) is 6.61 Å². The van der Waals surface area contributed by atoms with E-state index in [9.17, 15) is 18.9 Å². The van der Waals surface area contributed by atoms with Gasteiger partial charge in [0.15, 0.2) is 0 Å². The first-order valence-corrected chi connectivity index (χ1v) is 4.45. The number of alkyl halides is 2. The van der Waals surface area contributed by atoms with E-state index < -0.39 is 23.0 Å². The van der Waals surface area contributed by atoms with Crippen LogP contribution in [0.25, 0.3) is 0 Å². The molecule has 17 heavy (non-hydrogen) atoms. The lowest BCUT2D eigenvalue weighted by Gasteiger charge is -2.08. The molecule has 0 heterocycles. The van der Waals surface area contributed by atoms with Crippen LogP contribution in [-0.2, 0) is 0 Å². The summed E-state index contributed by atoms with van der Waals surface area (Å²) in [4.78, 5) is 9.75. The third kappa shape index (κ3) is 3.61. The number of terminal acetylenes is 1. The molecule has 0 aromatic heterocycles. The van der Waals surface area contributed by atoms with Gasteiger partial charge in [0, 0.05) is 17.8 Å². The Hall–Kier alpha value is -2.36. The Kier molecular flexibility index (Phi) is 4.22.